The maximum absolute atomic E-state index is 10.2. The summed E-state index contributed by atoms with van der Waals surface area (Å²) in [6, 6.07) is 0. The van der Waals surface area contributed by atoms with Crippen molar-refractivity contribution in [2.45, 2.75) is 12.8 Å². The summed E-state index contributed by atoms with van der Waals surface area (Å²) in [4.78, 5) is 80.2. The van der Waals surface area contributed by atoms with Gasteiger partial charge in [0.25, 0.3) is 0 Å². The van der Waals surface area contributed by atoms with E-state index in [1.807, 2.05) is 0 Å². The molecule has 0 aliphatic carbocycles. The largest absolute Gasteiger partial charge is 0.481 e. The molecule has 0 heterocycles. The first-order valence-corrected chi connectivity index (χ1v) is 10.9. The van der Waals surface area contributed by atoms with E-state index in [1.54, 1.807) is 0 Å². The van der Waals surface area contributed by atoms with Crippen LogP contribution in [0.25, 0.3) is 0 Å². The Balaban J connectivity index is -0.000000370. The molecule has 178 valence electrons. The van der Waals surface area contributed by atoms with Crippen LogP contribution in [-0.4, -0.2) is 79.3 Å². The van der Waals surface area contributed by atoms with Gasteiger partial charge in [0.15, 0.2) is 0 Å². The molecule has 0 aromatic carbocycles. The van der Waals surface area contributed by atoms with Gasteiger partial charge in [-0.2, -0.15) is 11.8 Å². The first-order valence-electron chi connectivity index (χ1n) is 7.27. The molecule has 0 spiro atoms. The molecule has 0 saturated carbocycles. The molecule has 20 heteroatoms. The second kappa shape index (κ2) is 17.8. The van der Waals surface area contributed by atoms with Crippen molar-refractivity contribution in [3.05, 3.63) is 0 Å². The number of rotatable bonds is 11. The normalized spacial score (nSPS) is 10.5. The van der Waals surface area contributed by atoms with Crippen molar-refractivity contribution in [1.82, 2.24) is 10.6 Å². The number of hydrogen-bond donors (Lipinski definition) is 10. The van der Waals surface area contributed by atoms with Gasteiger partial charge in [0.2, 0.25) is 0 Å². The van der Waals surface area contributed by atoms with Crippen LogP contribution in [0.3, 0.4) is 0 Å². The van der Waals surface area contributed by atoms with E-state index in [0.29, 0.717) is 0 Å². The van der Waals surface area contributed by atoms with Gasteiger partial charge in [-0.3, -0.25) is 29.4 Å². The number of hydrogen-bond acceptors (Lipinski definition) is 12. The highest BCUT2D eigenvalue weighted by Crippen LogP contribution is 2.32. The molecule has 0 radical (unpaired) electrons. The summed E-state index contributed by atoms with van der Waals surface area (Å²) in [5.74, 6) is 5.17. The summed E-state index contributed by atoms with van der Waals surface area (Å²) < 4.78 is 20.3. The molecule has 0 bridgehead atoms. The Morgan fingerprint density at radius 1 is 0.700 bits per heavy atom. The molecule has 12 N–H and O–H groups in total. The second-order valence-corrected chi connectivity index (χ2v) is 8.06. The van der Waals surface area contributed by atoms with Crippen LogP contribution in [0.2, 0.25) is 0 Å². The lowest BCUT2D eigenvalue weighted by atomic mass is 10.3. The molecule has 0 aromatic heterocycles. The molecule has 0 aliphatic rings. The third kappa shape index (κ3) is 36.9. The quantitative estimate of drug-likeness (QED) is 0.0987. The van der Waals surface area contributed by atoms with Gasteiger partial charge in [-0.15, -0.1) is 0 Å². The number of nitrogens with one attached hydrogen (secondary N) is 2. The lowest BCUT2D eigenvalue weighted by Gasteiger charge is -2.03. The van der Waals surface area contributed by atoms with Crippen LogP contribution in [0.4, 0.5) is 0 Å². The Morgan fingerprint density at radius 2 is 0.967 bits per heavy atom. The van der Waals surface area contributed by atoms with Crippen molar-refractivity contribution in [3.63, 3.8) is 0 Å². The Bertz CT molecular complexity index is 578. The number of carbonyl (C=O) groups is 4. The van der Waals surface area contributed by atoms with Gasteiger partial charge >= 0.3 is 39.1 Å². The fraction of sp³-hybridized carbons (Fsp3) is 0.600. The van der Waals surface area contributed by atoms with Crippen molar-refractivity contribution in [3.8, 4) is 0 Å². The van der Waals surface area contributed by atoms with Gasteiger partial charge < -0.3 is 39.5 Å². The van der Waals surface area contributed by atoms with Gasteiger partial charge in [-0.1, -0.05) is 0 Å². The SMILES string of the molecule is NOC(=O)CNCP(=O)(O)O.NOC(=O)CNCP(=O)(O)O.O=C(O)CCC(=O)O. The molecule has 0 aliphatic heterocycles. The van der Waals surface area contributed by atoms with E-state index in [2.05, 4.69) is 32.1 Å². The van der Waals surface area contributed by atoms with Crippen molar-refractivity contribution in [2.75, 3.05) is 25.7 Å². The summed E-state index contributed by atoms with van der Waals surface area (Å²) >= 11 is 0. The van der Waals surface area contributed by atoms with E-state index in [9.17, 15) is 28.3 Å². The van der Waals surface area contributed by atoms with Gasteiger partial charge in [0.05, 0.1) is 38.5 Å². The summed E-state index contributed by atoms with van der Waals surface area (Å²) in [6.45, 7) is -0.636. The molecular formula is C10H24N4O14P2. The molecule has 0 rings (SSSR count). The third-order valence-corrected chi connectivity index (χ3v) is 3.26. The summed E-state index contributed by atoms with van der Waals surface area (Å²) in [5, 5.41) is 20.1. The summed E-state index contributed by atoms with van der Waals surface area (Å²) in [5.41, 5.74) is 0. The molecule has 0 saturated heterocycles. The van der Waals surface area contributed by atoms with Crippen LogP contribution < -0.4 is 22.4 Å². The Morgan fingerprint density at radius 3 is 1.13 bits per heavy atom. The zero-order valence-corrected chi connectivity index (χ0v) is 17.0. The number of carboxylic acid groups (broad SMARTS) is 2. The predicted octanol–water partition coefficient (Wildman–Crippen LogP) is -3.81. The minimum absolute atomic E-state index is 0.296. The van der Waals surface area contributed by atoms with Crippen LogP contribution in [0, 0.1) is 0 Å². The summed E-state index contributed by atoms with van der Waals surface area (Å²) in [6.07, 6.45) is -1.73. The monoisotopic (exact) mass is 486 g/mol. The average molecular weight is 486 g/mol. The number of nitrogens with two attached hydrogens (primary N) is 2. The van der Waals surface area contributed by atoms with Gasteiger partial charge in [-0.25, -0.2) is 9.59 Å². The molecule has 0 amide bonds. The van der Waals surface area contributed by atoms with Crippen molar-refractivity contribution < 1.29 is 67.8 Å². The second-order valence-electron chi connectivity index (χ2n) is 4.77. The van der Waals surface area contributed by atoms with E-state index < -0.39 is 51.6 Å². The lowest BCUT2D eigenvalue weighted by molar-refractivity contribution is -0.143. The average Bonchev–Trinajstić information content (AvgIpc) is 2.58. The van der Waals surface area contributed by atoms with Gasteiger partial charge in [0, 0.05) is 0 Å². The van der Waals surface area contributed by atoms with E-state index >= 15 is 0 Å². The topological polar surface area (TPSA) is 318 Å². The molecule has 0 fully saturated rings. The number of carbonyl (C=O) groups excluding carboxylic acids is 2. The number of aliphatic carboxylic acids is 2. The van der Waals surface area contributed by atoms with Gasteiger partial charge in [0.1, 0.15) is 0 Å². The van der Waals surface area contributed by atoms with Crippen molar-refractivity contribution in [1.29, 1.82) is 0 Å². The molecule has 0 atom stereocenters. The molecular weight excluding hydrogens is 462 g/mol. The van der Waals surface area contributed by atoms with E-state index in [1.165, 1.54) is 0 Å². The maximum atomic E-state index is 10.2. The smallest absolute Gasteiger partial charge is 0.339 e. The van der Waals surface area contributed by atoms with Crippen LogP contribution in [0.15, 0.2) is 0 Å². The van der Waals surface area contributed by atoms with Crippen molar-refractivity contribution in [2.24, 2.45) is 11.8 Å². The van der Waals surface area contributed by atoms with Crippen molar-refractivity contribution >= 4 is 39.1 Å². The molecule has 0 unspecified atom stereocenters. The maximum Gasteiger partial charge on any atom is 0.339 e. The van der Waals surface area contributed by atoms with E-state index in [-0.39, 0.29) is 25.9 Å². The molecule has 30 heavy (non-hydrogen) atoms. The van der Waals surface area contributed by atoms with E-state index in [0.717, 1.165) is 0 Å². The highest BCUT2D eigenvalue weighted by atomic mass is 31.2. The zero-order chi connectivity index (χ0) is 24.4. The minimum atomic E-state index is -4.09. The zero-order valence-electron chi connectivity index (χ0n) is 15.2. The Hall–Kier alpha value is -1.98. The lowest BCUT2D eigenvalue weighted by Crippen LogP contribution is -2.27. The highest BCUT2D eigenvalue weighted by Gasteiger charge is 2.13. The minimum Gasteiger partial charge on any atom is -0.481 e. The molecule has 18 nitrogen and oxygen atoms in total. The van der Waals surface area contributed by atoms with Gasteiger partial charge in [-0.05, 0) is 0 Å². The fourth-order valence-electron chi connectivity index (χ4n) is 0.904. The first-order chi connectivity index (χ1) is 13.5. The van der Waals surface area contributed by atoms with Crippen LogP contribution in [0.1, 0.15) is 12.8 Å². The van der Waals surface area contributed by atoms with E-state index in [4.69, 9.17) is 29.8 Å². The fourth-order valence-corrected chi connectivity index (χ4v) is 1.71. The van der Waals surface area contributed by atoms with Crippen LogP contribution in [0.5, 0.6) is 0 Å². The summed E-state index contributed by atoms with van der Waals surface area (Å²) in [7, 11) is -8.18. The first kappa shape index (κ1) is 32.7. The number of carboxylic acids is 2. The Kier molecular flexibility index (Phi) is 19.4. The third-order valence-electron chi connectivity index (χ3n) is 1.99. The Labute approximate surface area is 168 Å². The van der Waals surface area contributed by atoms with Crippen LogP contribution in [-0.2, 0) is 38.0 Å². The van der Waals surface area contributed by atoms with Crippen LogP contribution >= 0.6 is 15.2 Å². The molecule has 0 aromatic rings. The standard InChI is InChI=1S/C4H6O4.2C3H9N2O5P/c5-3(6)1-2-4(7)8;2*4-10-3(6)1-5-2-11(7,8)9/h1-2H2,(H,5,6)(H,7,8);2*5H,1-2,4H2,(H2,7,8,9). The highest BCUT2D eigenvalue weighted by molar-refractivity contribution is 7.51. The predicted molar refractivity (Wildman–Crippen MR) is 94.9 cm³/mol.